The Morgan fingerprint density at radius 1 is 1.05 bits per heavy atom. The van der Waals surface area contributed by atoms with Gasteiger partial charge < -0.3 is 4.74 Å². The molecular formula is C17H18O2. The van der Waals surface area contributed by atoms with Crippen LogP contribution >= 0.6 is 0 Å². The van der Waals surface area contributed by atoms with Crippen molar-refractivity contribution in [1.29, 1.82) is 0 Å². The summed E-state index contributed by atoms with van der Waals surface area (Å²) < 4.78 is 5.78. The smallest absolute Gasteiger partial charge is 0.150 e. The third-order valence-electron chi connectivity index (χ3n) is 3.09. The van der Waals surface area contributed by atoms with E-state index in [1.807, 2.05) is 24.3 Å². The predicted molar refractivity (Wildman–Crippen MR) is 77.2 cm³/mol. The average molecular weight is 254 g/mol. The van der Waals surface area contributed by atoms with Gasteiger partial charge in [-0.15, -0.1) is 0 Å². The SMILES string of the molecule is Cc1cc(Oc2cccc(C=O)c2)ccc1C(C)C. The molecule has 19 heavy (non-hydrogen) atoms. The summed E-state index contributed by atoms with van der Waals surface area (Å²) in [6.45, 7) is 6.44. The summed E-state index contributed by atoms with van der Waals surface area (Å²) in [7, 11) is 0. The Bertz CT molecular complexity index is 586. The number of benzene rings is 2. The summed E-state index contributed by atoms with van der Waals surface area (Å²) in [4.78, 5) is 10.7. The maximum absolute atomic E-state index is 10.7. The topological polar surface area (TPSA) is 26.3 Å². The molecule has 0 radical (unpaired) electrons. The molecule has 2 heteroatoms. The first-order valence-corrected chi connectivity index (χ1v) is 6.44. The number of aldehydes is 1. The van der Waals surface area contributed by atoms with E-state index in [-0.39, 0.29) is 0 Å². The number of hydrogen-bond acceptors (Lipinski definition) is 2. The van der Waals surface area contributed by atoms with E-state index in [9.17, 15) is 4.79 Å². The molecule has 0 atom stereocenters. The van der Waals surface area contributed by atoms with Crippen LogP contribution in [-0.2, 0) is 0 Å². The lowest BCUT2D eigenvalue weighted by atomic mass is 9.98. The largest absolute Gasteiger partial charge is 0.457 e. The second-order valence-corrected chi connectivity index (χ2v) is 4.97. The van der Waals surface area contributed by atoms with Gasteiger partial charge in [-0.3, -0.25) is 4.79 Å². The molecule has 2 nitrogen and oxygen atoms in total. The van der Waals surface area contributed by atoms with Crippen LogP contribution in [0.5, 0.6) is 11.5 Å². The number of aryl methyl sites for hydroxylation is 1. The van der Waals surface area contributed by atoms with E-state index in [2.05, 4.69) is 26.8 Å². The highest BCUT2D eigenvalue weighted by Gasteiger charge is 2.05. The maximum atomic E-state index is 10.7. The Morgan fingerprint density at radius 2 is 1.79 bits per heavy atom. The summed E-state index contributed by atoms with van der Waals surface area (Å²) in [5, 5.41) is 0. The van der Waals surface area contributed by atoms with E-state index < -0.39 is 0 Å². The number of carbonyl (C=O) groups is 1. The zero-order valence-electron chi connectivity index (χ0n) is 11.5. The van der Waals surface area contributed by atoms with E-state index in [0.717, 1.165) is 12.0 Å². The molecular weight excluding hydrogens is 236 g/mol. The van der Waals surface area contributed by atoms with Gasteiger partial charge in [-0.2, -0.15) is 0 Å². The second kappa shape index (κ2) is 5.70. The Kier molecular flexibility index (Phi) is 4.00. The second-order valence-electron chi connectivity index (χ2n) is 4.97. The zero-order chi connectivity index (χ0) is 13.8. The zero-order valence-corrected chi connectivity index (χ0v) is 11.5. The summed E-state index contributed by atoms with van der Waals surface area (Å²) >= 11 is 0. The quantitative estimate of drug-likeness (QED) is 0.738. The Hall–Kier alpha value is -2.09. The molecule has 2 aromatic carbocycles. The van der Waals surface area contributed by atoms with Crippen LogP contribution < -0.4 is 4.74 Å². The van der Waals surface area contributed by atoms with Crippen LogP contribution in [0.15, 0.2) is 42.5 Å². The maximum Gasteiger partial charge on any atom is 0.150 e. The molecule has 0 N–H and O–H groups in total. The van der Waals surface area contributed by atoms with Gasteiger partial charge in [0.15, 0.2) is 0 Å². The molecule has 0 aliphatic rings. The molecule has 0 aliphatic heterocycles. The molecule has 0 aliphatic carbocycles. The molecule has 0 spiro atoms. The fourth-order valence-electron chi connectivity index (χ4n) is 2.15. The van der Waals surface area contributed by atoms with Crippen molar-refractivity contribution >= 4 is 6.29 Å². The Labute approximate surface area is 114 Å². The lowest BCUT2D eigenvalue weighted by Crippen LogP contribution is -1.93. The molecule has 0 bridgehead atoms. The lowest BCUT2D eigenvalue weighted by molar-refractivity contribution is 0.112. The van der Waals surface area contributed by atoms with E-state index >= 15 is 0 Å². The van der Waals surface area contributed by atoms with Crippen molar-refractivity contribution in [2.45, 2.75) is 26.7 Å². The van der Waals surface area contributed by atoms with Crippen molar-refractivity contribution < 1.29 is 9.53 Å². The minimum Gasteiger partial charge on any atom is -0.457 e. The van der Waals surface area contributed by atoms with Crippen LogP contribution in [0.2, 0.25) is 0 Å². The highest BCUT2D eigenvalue weighted by molar-refractivity contribution is 5.75. The van der Waals surface area contributed by atoms with Gasteiger partial charge in [0.2, 0.25) is 0 Å². The first-order chi connectivity index (χ1) is 9.10. The number of rotatable bonds is 4. The molecule has 2 rings (SSSR count). The van der Waals surface area contributed by atoms with Crippen LogP contribution in [0.3, 0.4) is 0 Å². The Morgan fingerprint density at radius 3 is 2.42 bits per heavy atom. The Balaban J connectivity index is 2.23. The van der Waals surface area contributed by atoms with Crippen LogP contribution in [0.25, 0.3) is 0 Å². The van der Waals surface area contributed by atoms with Gasteiger partial charge in [0, 0.05) is 5.56 Å². The molecule has 0 unspecified atom stereocenters. The van der Waals surface area contributed by atoms with Gasteiger partial charge in [-0.05, 0) is 48.2 Å². The van der Waals surface area contributed by atoms with Gasteiger partial charge in [-0.1, -0.05) is 32.0 Å². The van der Waals surface area contributed by atoms with Crippen molar-refractivity contribution in [1.82, 2.24) is 0 Å². The normalized spacial score (nSPS) is 10.5. The van der Waals surface area contributed by atoms with Gasteiger partial charge in [0.1, 0.15) is 17.8 Å². The van der Waals surface area contributed by atoms with E-state index in [0.29, 0.717) is 17.2 Å². The molecule has 0 saturated carbocycles. The highest BCUT2D eigenvalue weighted by atomic mass is 16.5. The summed E-state index contributed by atoms with van der Waals surface area (Å²) in [5.74, 6) is 1.98. The summed E-state index contributed by atoms with van der Waals surface area (Å²) in [6.07, 6.45) is 0.819. The van der Waals surface area contributed by atoms with Crippen molar-refractivity contribution in [3.05, 3.63) is 59.2 Å². The van der Waals surface area contributed by atoms with Crippen molar-refractivity contribution in [3.63, 3.8) is 0 Å². The standard InChI is InChI=1S/C17H18O2/c1-12(2)17-8-7-16(9-13(17)3)19-15-6-4-5-14(10-15)11-18/h4-12H,1-3H3. The minimum absolute atomic E-state index is 0.507. The molecule has 0 heterocycles. The van der Waals surface area contributed by atoms with Crippen LogP contribution in [0, 0.1) is 6.92 Å². The van der Waals surface area contributed by atoms with Gasteiger partial charge in [-0.25, -0.2) is 0 Å². The monoisotopic (exact) mass is 254 g/mol. The highest BCUT2D eigenvalue weighted by Crippen LogP contribution is 2.27. The lowest BCUT2D eigenvalue weighted by Gasteiger charge is -2.12. The number of ether oxygens (including phenoxy) is 1. The predicted octanol–water partition coefficient (Wildman–Crippen LogP) is 4.72. The van der Waals surface area contributed by atoms with E-state index in [1.165, 1.54) is 11.1 Å². The van der Waals surface area contributed by atoms with Crippen LogP contribution in [0.1, 0.15) is 41.3 Å². The molecule has 0 amide bonds. The molecule has 0 aromatic heterocycles. The third kappa shape index (κ3) is 3.22. The van der Waals surface area contributed by atoms with Crippen molar-refractivity contribution in [2.24, 2.45) is 0 Å². The van der Waals surface area contributed by atoms with Crippen molar-refractivity contribution in [3.8, 4) is 11.5 Å². The number of carbonyl (C=O) groups excluding carboxylic acids is 1. The summed E-state index contributed by atoms with van der Waals surface area (Å²) in [5.41, 5.74) is 3.17. The van der Waals surface area contributed by atoms with Gasteiger partial charge in [0.25, 0.3) is 0 Å². The van der Waals surface area contributed by atoms with Crippen LogP contribution in [-0.4, -0.2) is 6.29 Å². The average Bonchev–Trinajstić information content (AvgIpc) is 2.38. The first kappa shape index (κ1) is 13.3. The molecule has 0 saturated heterocycles. The molecule has 98 valence electrons. The first-order valence-electron chi connectivity index (χ1n) is 6.44. The molecule has 0 fully saturated rings. The number of hydrogen-bond donors (Lipinski definition) is 0. The van der Waals surface area contributed by atoms with Gasteiger partial charge in [0.05, 0.1) is 0 Å². The van der Waals surface area contributed by atoms with Crippen molar-refractivity contribution in [2.75, 3.05) is 0 Å². The van der Waals surface area contributed by atoms with Crippen LogP contribution in [0.4, 0.5) is 0 Å². The van der Waals surface area contributed by atoms with Gasteiger partial charge >= 0.3 is 0 Å². The summed E-state index contributed by atoms with van der Waals surface area (Å²) in [6, 6.07) is 13.2. The molecule has 2 aromatic rings. The van der Waals surface area contributed by atoms with E-state index in [1.54, 1.807) is 12.1 Å². The fourth-order valence-corrected chi connectivity index (χ4v) is 2.15. The van der Waals surface area contributed by atoms with E-state index in [4.69, 9.17) is 4.74 Å². The fraction of sp³-hybridized carbons (Fsp3) is 0.235. The minimum atomic E-state index is 0.507. The third-order valence-corrected chi connectivity index (χ3v) is 3.09.